The van der Waals surface area contributed by atoms with Gasteiger partial charge in [0.05, 0.1) is 6.54 Å². The van der Waals surface area contributed by atoms with Gasteiger partial charge in [-0.1, -0.05) is 12.0 Å². The molecule has 0 radical (unpaired) electrons. The van der Waals surface area contributed by atoms with Crippen molar-refractivity contribution in [1.29, 1.82) is 0 Å². The Bertz CT molecular complexity index is 933. The van der Waals surface area contributed by atoms with Crippen LogP contribution in [0.3, 0.4) is 0 Å². The average molecular weight is 301 g/mol. The fraction of sp³-hybridized carbons (Fsp3) is 0.286. The molecule has 0 atom stereocenters. The van der Waals surface area contributed by atoms with Gasteiger partial charge >= 0.3 is 5.69 Å². The Kier molecular flexibility index (Phi) is 4.27. The summed E-state index contributed by atoms with van der Waals surface area (Å²) in [5.74, 6) is 5.54. The number of carbonyl (C=O) groups is 1. The summed E-state index contributed by atoms with van der Waals surface area (Å²) < 4.78 is 2.83. The van der Waals surface area contributed by atoms with Gasteiger partial charge in [0.2, 0.25) is 5.91 Å². The lowest BCUT2D eigenvalue weighted by Gasteiger charge is -2.01. The number of imidazole rings is 1. The van der Waals surface area contributed by atoms with E-state index in [9.17, 15) is 14.4 Å². The van der Waals surface area contributed by atoms with Crippen molar-refractivity contribution in [2.75, 3.05) is 0 Å². The molecule has 2 aromatic rings. The van der Waals surface area contributed by atoms with E-state index in [2.05, 4.69) is 21.8 Å². The maximum absolute atomic E-state index is 12.1. The summed E-state index contributed by atoms with van der Waals surface area (Å²) in [7, 11) is 1.51. The molecule has 0 aliphatic rings. The number of nitrogens with one attached hydrogen (secondary N) is 1. The number of fused-ring (bicyclic) bond motifs is 1. The predicted octanol–water partition coefficient (Wildman–Crippen LogP) is -0.665. The average Bonchev–Trinajstić information content (AvgIpc) is 2.81. The molecular formula is C14H15N5O3. The number of hydrogen-bond donors (Lipinski definition) is 2. The van der Waals surface area contributed by atoms with E-state index in [4.69, 9.17) is 5.73 Å². The first kappa shape index (κ1) is 15.3. The molecule has 8 heteroatoms. The van der Waals surface area contributed by atoms with E-state index >= 15 is 0 Å². The molecule has 0 aliphatic heterocycles. The number of nitrogens with zero attached hydrogens (tertiary/aromatic N) is 3. The third-order valence-corrected chi connectivity index (χ3v) is 3.04. The summed E-state index contributed by atoms with van der Waals surface area (Å²) in [5, 5.41) is 0. The number of aryl methyl sites for hydroxylation is 1. The van der Waals surface area contributed by atoms with Gasteiger partial charge in [-0.2, -0.15) is 0 Å². The highest BCUT2D eigenvalue weighted by molar-refractivity contribution is 5.77. The smallest absolute Gasteiger partial charge is 0.329 e. The fourth-order valence-corrected chi connectivity index (χ4v) is 1.98. The topological polar surface area (TPSA) is 116 Å². The molecule has 2 aromatic heterocycles. The van der Waals surface area contributed by atoms with E-state index in [1.807, 2.05) is 0 Å². The molecule has 1 amide bonds. The zero-order valence-corrected chi connectivity index (χ0v) is 12.2. The molecule has 0 spiro atoms. The molecular weight excluding hydrogens is 286 g/mol. The molecule has 0 bridgehead atoms. The molecule has 114 valence electrons. The zero-order valence-electron chi connectivity index (χ0n) is 12.2. The van der Waals surface area contributed by atoms with Gasteiger partial charge in [-0.15, -0.1) is 5.92 Å². The Morgan fingerprint density at radius 1 is 1.45 bits per heavy atom. The van der Waals surface area contributed by atoms with Crippen LogP contribution in [0.5, 0.6) is 0 Å². The van der Waals surface area contributed by atoms with Crippen LogP contribution in [0, 0.1) is 11.8 Å². The quantitative estimate of drug-likeness (QED) is 0.729. The Labute approximate surface area is 125 Å². The third kappa shape index (κ3) is 2.83. The molecule has 0 saturated carbocycles. The second-order valence-corrected chi connectivity index (χ2v) is 4.55. The van der Waals surface area contributed by atoms with Crippen LogP contribution in [0.1, 0.15) is 19.2 Å². The van der Waals surface area contributed by atoms with E-state index in [0.717, 1.165) is 0 Å². The summed E-state index contributed by atoms with van der Waals surface area (Å²) in [6, 6.07) is 0. The van der Waals surface area contributed by atoms with Crippen molar-refractivity contribution < 1.29 is 4.79 Å². The molecule has 3 N–H and O–H groups in total. The monoisotopic (exact) mass is 301 g/mol. The molecule has 2 rings (SSSR count). The third-order valence-electron chi connectivity index (χ3n) is 3.04. The van der Waals surface area contributed by atoms with Crippen molar-refractivity contribution in [3.63, 3.8) is 0 Å². The van der Waals surface area contributed by atoms with E-state index < -0.39 is 17.2 Å². The Morgan fingerprint density at radius 3 is 2.82 bits per heavy atom. The van der Waals surface area contributed by atoms with Gasteiger partial charge in [-0.3, -0.25) is 19.1 Å². The van der Waals surface area contributed by atoms with Crippen molar-refractivity contribution >= 4 is 23.1 Å². The maximum Gasteiger partial charge on any atom is 0.329 e. The number of hydrogen-bond acceptors (Lipinski definition) is 4. The summed E-state index contributed by atoms with van der Waals surface area (Å²) in [5.41, 5.74) is 4.51. The Balaban J connectivity index is 2.71. The Hall–Kier alpha value is -3.08. The minimum absolute atomic E-state index is 0.0535. The number of aromatic amines is 1. The van der Waals surface area contributed by atoms with Crippen molar-refractivity contribution in [2.45, 2.75) is 19.9 Å². The van der Waals surface area contributed by atoms with Crippen LogP contribution in [0.15, 0.2) is 15.7 Å². The first-order chi connectivity index (χ1) is 10.5. The first-order valence-electron chi connectivity index (χ1n) is 6.49. The summed E-state index contributed by atoms with van der Waals surface area (Å²) >= 11 is 0. The molecule has 22 heavy (non-hydrogen) atoms. The highest BCUT2D eigenvalue weighted by atomic mass is 16.2. The molecule has 0 aromatic carbocycles. The molecule has 0 fully saturated rings. The molecule has 2 heterocycles. The van der Waals surface area contributed by atoms with Crippen LogP contribution < -0.4 is 17.0 Å². The summed E-state index contributed by atoms with van der Waals surface area (Å²) in [6.45, 7) is 1.92. The molecule has 0 aliphatic carbocycles. The van der Waals surface area contributed by atoms with Crippen molar-refractivity contribution in [2.24, 2.45) is 12.8 Å². The molecule has 8 nitrogen and oxygen atoms in total. The van der Waals surface area contributed by atoms with Crippen molar-refractivity contribution in [3.05, 3.63) is 32.7 Å². The fourth-order valence-electron chi connectivity index (χ4n) is 1.98. The Morgan fingerprint density at radius 2 is 2.18 bits per heavy atom. The predicted molar refractivity (Wildman–Crippen MR) is 81.9 cm³/mol. The second kappa shape index (κ2) is 6.13. The summed E-state index contributed by atoms with van der Waals surface area (Å²) in [4.78, 5) is 41.0. The molecule has 0 saturated heterocycles. The van der Waals surface area contributed by atoms with E-state index in [0.29, 0.717) is 5.82 Å². The van der Waals surface area contributed by atoms with E-state index in [1.165, 1.54) is 11.6 Å². The lowest BCUT2D eigenvalue weighted by molar-refractivity contribution is -0.117. The zero-order chi connectivity index (χ0) is 16.3. The highest BCUT2D eigenvalue weighted by Crippen LogP contribution is 2.12. The van der Waals surface area contributed by atoms with Crippen LogP contribution in [-0.2, 0) is 18.4 Å². The van der Waals surface area contributed by atoms with Crippen LogP contribution in [0.25, 0.3) is 17.2 Å². The van der Waals surface area contributed by atoms with Crippen LogP contribution in [0.2, 0.25) is 0 Å². The van der Waals surface area contributed by atoms with E-state index in [-0.39, 0.29) is 24.1 Å². The number of primary amides is 1. The lowest BCUT2D eigenvalue weighted by atomic mass is 10.3. The van der Waals surface area contributed by atoms with Crippen LogP contribution in [-0.4, -0.2) is 25.0 Å². The van der Waals surface area contributed by atoms with Gasteiger partial charge in [-0.05, 0) is 13.0 Å². The number of nitrogens with two attached hydrogens (primary N) is 1. The van der Waals surface area contributed by atoms with Crippen LogP contribution in [0.4, 0.5) is 0 Å². The number of amides is 1. The minimum atomic E-state index is -0.545. The number of rotatable bonds is 4. The van der Waals surface area contributed by atoms with Gasteiger partial charge in [0.15, 0.2) is 11.2 Å². The van der Waals surface area contributed by atoms with E-state index in [1.54, 1.807) is 23.6 Å². The van der Waals surface area contributed by atoms with Crippen LogP contribution >= 0.6 is 0 Å². The summed E-state index contributed by atoms with van der Waals surface area (Å²) in [6.07, 6.45) is 3.18. The maximum atomic E-state index is 12.1. The van der Waals surface area contributed by atoms with Gasteiger partial charge in [0.1, 0.15) is 5.82 Å². The highest BCUT2D eigenvalue weighted by Gasteiger charge is 2.15. The van der Waals surface area contributed by atoms with Gasteiger partial charge < -0.3 is 10.3 Å². The number of carbonyl (C=O) groups excluding carboxylic acids is 1. The standard InChI is InChI=1S/C14H15N5O3/c1-3-4-8-19-10(7-5-6-9(15)20)16-12-11(19)13(21)17-14(22)18(12)2/h5,7H,6,8H2,1-2H3,(H2,15,20)(H,17,21,22). The van der Waals surface area contributed by atoms with Gasteiger partial charge in [-0.25, -0.2) is 9.78 Å². The van der Waals surface area contributed by atoms with Gasteiger partial charge in [0.25, 0.3) is 5.56 Å². The number of H-pyrrole nitrogens is 1. The largest absolute Gasteiger partial charge is 0.369 e. The molecule has 0 unspecified atom stereocenters. The lowest BCUT2D eigenvalue weighted by Crippen LogP contribution is -2.29. The first-order valence-corrected chi connectivity index (χ1v) is 6.49. The van der Waals surface area contributed by atoms with Gasteiger partial charge in [0, 0.05) is 13.5 Å². The number of aromatic nitrogens is 4. The van der Waals surface area contributed by atoms with Crippen molar-refractivity contribution in [3.8, 4) is 11.8 Å². The van der Waals surface area contributed by atoms with Crippen molar-refractivity contribution in [1.82, 2.24) is 19.1 Å². The SMILES string of the molecule is CC#CCn1c(C=CCC(N)=O)nc2c1c(=O)[nH]c(=O)n2C. The minimum Gasteiger partial charge on any atom is -0.369 e. The normalized spacial score (nSPS) is 10.8. The second-order valence-electron chi connectivity index (χ2n) is 4.55.